The molecule has 5 rings (SSSR count). The Hall–Kier alpha value is -2.48. The van der Waals surface area contributed by atoms with Crippen LogP contribution in [0.4, 0.5) is 14.5 Å². The number of hydroxylamine groups is 1. The van der Waals surface area contributed by atoms with E-state index in [4.69, 9.17) is 4.74 Å². The summed E-state index contributed by atoms with van der Waals surface area (Å²) >= 11 is 0. The second-order valence-corrected chi connectivity index (χ2v) is 14.3. The number of fused-ring (bicyclic) bond motifs is 2. The van der Waals surface area contributed by atoms with Crippen molar-refractivity contribution in [2.75, 3.05) is 24.2 Å². The van der Waals surface area contributed by atoms with E-state index in [1.165, 1.54) is 24.3 Å². The van der Waals surface area contributed by atoms with E-state index in [1.54, 1.807) is 22.5 Å². The molecule has 0 saturated carbocycles. The van der Waals surface area contributed by atoms with Crippen LogP contribution in [0.1, 0.15) is 63.0 Å². The molecule has 3 aliphatic rings. The fourth-order valence-electron chi connectivity index (χ4n) is 7.17. The van der Waals surface area contributed by atoms with Crippen LogP contribution in [0.25, 0.3) is 0 Å². The zero-order valence-electron chi connectivity index (χ0n) is 24.6. The first-order valence-corrected chi connectivity index (χ1v) is 16.8. The molecule has 0 radical (unpaired) electrons. The van der Waals surface area contributed by atoms with Gasteiger partial charge in [0.15, 0.2) is 0 Å². The van der Waals surface area contributed by atoms with Crippen molar-refractivity contribution in [1.82, 2.24) is 15.1 Å². The molecule has 2 bridgehead atoms. The maximum Gasteiger partial charge on any atom is 0.244 e. The van der Waals surface area contributed by atoms with E-state index >= 15 is 4.39 Å². The van der Waals surface area contributed by atoms with Gasteiger partial charge in [-0.25, -0.2) is 17.2 Å². The second-order valence-electron chi connectivity index (χ2n) is 12.3. The maximum atomic E-state index is 15.2. The van der Waals surface area contributed by atoms with Gasteiger partial charge in [-0.2, -0.15) is 9.79 Å². The van der Waals surface area contributed by atoms with E-state index < -0.39 is 39.5 Å². The van der Waals surface area contributed by atoms with Crippen LogP contribution < -0.4 is 16.1 Å². The predicted molar refractivity (Wildman–Crippen MR) is 159 cm³/mol. The van der Waals surface area contributed by atoms with Gasteiger partial charge in [-0.1, -0.05) is 18.2 Å². The molecule has 12 heteroatoms. The molecule has 1 amide bonds. The molecular formula is C31H42F2N4O5S. The summed E-state index contributed by atoms with van der Waals surface area (Å²) in [7, 11) is -3.40. The molecule has 2 aromatic carbocycles. The largest absolute Gasteiger partial charge is 0.376 e. The van der Waals surface area contributed by atoms with Gasteiger partial charge in [0.1, 0.15) is 17.7 Å². The Morgan fingerprint density at radius 3 is 2.56 bits per heavy atom. The van der Waals surface area contributed by atoms with Gasteiger partial charge >= 0.3 is 0 Å². The molecule has 2 unspecified atom stereocenters. The molecule has 43 heavy (non-hydrogen) atoms. The fraction of sp³-hybridized carbons (Fsp3) is 0.581. The van der Waals surface area contributed by atoms with Crippen molar-refractivity contribution in [2.45, 2.75) is 88.6 Å². The topological polar surface area (TPSA) is 120 Å². The van der Waals surface area contributed by atoms with Gasteiger partial charge in [0.05, 0.1) is 18.0 Å². The van der Waals surface area contributed by atoms with Crippen molar-refractivity contribution in [3.05, 3.63) is 65.2 Å². The minimum atomic E-state index is -3.40. The second kappa shape index (κ2) is 13.7. The number of sulfonamides is 1. The first-order chi connectivity index (χ1) is 20.6. The summed E-state index contributed by atoms with van der Waals surface area (Å²) in [6.45, 7) is 4.82. The molecule has 3 aliphatic heterocycles. The van der Waals surface area contributed by atoms with Crippen LogP contribution in [0.2, 0.25) is 0 Å². The van der Waals surface area contributed by atoms with Crippen LogP contribution in [0.15, 0.2) is 42.5 Å². The number of amides is 1. The molecule has 236 valence electrons. The number of hydrogen-bond donors (Lipinski definition) is 4. The minimum absolute atomic E-state index is 0.0634. The number of nitrogens with one attached hydrogen (secondary N) is 3. The van der Waals surface area contributed by atoms with E-state index in [0.29, 0.717) is 44.3 Å². The molecule has 4 N–H and O–H groups in total. The quantitative estimate of drug-likeness (QED) is 0.314. The standard InChI is InChI=1S/C31H42F2N4O5S/c1-19-15-22(16-20(2)42-19)29(21-8-10-23(32)11-9-21)30(36-39)31(38)35-28-7-3-6-27(33)26(28)13-12-25-17-34-24-5-4-14-43(40,41)37(25)18-24/h3,6-11,19-20,22,24-25,29-30,34,36,39H,4-5,12-18H2,1-2H3,(H,35,38)/t19-,20+,22+,24-,25+,29?,30+/m1/s1. The lowest BCUT2D eigenvalue weighted by Gasteiger charge is -2.39. The number of ether oxygens (including phenoxy) is 1. The third-order valence-electron chi connectivity index (χ3n) is 9.14. The van der Waals surface area contributed by atoms with Gasteiger partial charge in [0.2, 0.25) is 15.9 Å². The summed E-state index contributed by atoms with van der Waals surface area (Å²) in [5.41, 5.74) is 3.42. The monoisotopic (exact) mass is 620 g/mol. The first kappa shape index (κ1) is 31.9. The van der Waals surface area contributed by atoms with E-state index in [2.05, 4.69) is 16.1 Å². The lowest BCUT2D eigenvalue weighted by atomic mass is 9.74. The van der Waals surface area contributed by atoms with Gasteiger partial charge < -0.3 is 20.6 Å². The Labute approximate surface area is 252 Å². The van der Waals surface area contributed by atoms with E-state index in [-0.39, 0.29) is 53.6 Å². The summed E-state index contributed by atoms with van der Waals surface area (Å²) in [5, 5.41) is 16.6. The number of piperazine rings is 1. The highest BCUT2D eigenvalue weighted by Gasteiger charge is 2.40. The Morgan fingerprint density at radius 2 is 1.86 bits per heavy atom. The summed E-state index contributed by atoms with van der Waals surface area (Å²) in [6.07, 6.45) is 3.14. The van der Waals surface area contributed by atoms with Crippen molar-refractivity contribution in [1.29, 1.82) is 0 Å². The van der Waals surface area contributed by atoms with E-state index in [1.807, 2.05) is 13.8 Å². The predicted octanol–water partition coefficient (Wildman–Crippen LogP) is 3.94. The Bertz CT molecular complexity index is 1370. The number of carbonyl (C=O) groups is 1. The zero-order chi connectivity index (χ0) is 30.7. The van der Waals surface area contributed by atoms with Gasteiger partial charge in [0, 0.05) is 42.3 Å². The molecule has 0 aliphatic carbocycles. The number of halogens is 2. The molecule has 9 nitrogen and oxygen atoms in total. The van der Waals surface area contributed by atoms with Crippen molar-refractivity contribution in [3.8, 4) is 0 Å². The SMILES string of the molecule is C[C@@H]1C[C@H](C(c2ccc(F)cc2)[C@H](NO)C(=O)Nc2cccc(F)c2CC[C@H]2CN[C@@H]3CCCS(=O)(=O)N2C3)C[C@H](C)O1. The zero-order valence-corrected chi connectivity index (χ0v) is 25.5. The lowest BCUT2D eigenvalue weighted by Crippen LogP contribution is -2.57. The highest BCUT2D eigenvalue weighted by atomic mass is 32.2. The van der Waals surface area contributed by atoms with Crippen LogP contribution in [0, 0.1) is 17.6 Å². The number of carbonyl (C=O) groups excluding carboxylic acids is 1. The number of benzene rings is 2. The summed E-state index contributed by atoms with van der Waals surface area (Å²) in [5.74, 6) is -1.95. The fourth-order valence-corrected chi connectivity index (χ4v) is 8.98. The molecule has 8 atom stereocenters. The number of rotatable bonds is 9. The van der Waals surface area contributed by atoms with Crippen LogP contribution in [-0.2, 0) is 26.0 Å². The molecule has 2 aromatic rings. The highest BCUT2D eigenvalue weighted by Crippen LogP contribution is 2.39. The maximum absolute atomic E-state index is 15.2. The van der Waals surface area contributed by atoms with Crippen LogP contribution >= 0.6 is 0 Å². The number of anilines is 1. The van der Waals surface area contributed by atoms with Gasteiger partial charge in [-0.3, -0.25) is 4.79 Å². The van der Waals surface area contributed by atoms with Gasteiger partial charge in [-0.15, -0.1) is 0 Å². The van der Waals surface area contributed by atoms with Crippen molar-refractivity contribution in [2.24, 2.45) is 5.92 Å². The summed E-state index contributed by atoms with van der Waals surface area (Å²) < 4.78 is 62.3. The van der Waals surface area contributed by atoms with Crippen molar-refractivity contribution >= 4 is 21.6 Å². The highest BCUT2D eigenvalue weighted by molar-refractivity contribution is 7.89. The lowest BCUT2D eigenvalue weighted by molar-refractivity contribution is -0.123. The molecule has 3 heterocycles. The van der Waals surface area contributed by atoms with Gasteiger partial charge in [-0.05, 0) is 88.1 Å². The van der Waals surface area contributed by atoms with Crippen molar-refractivity contribution in [3.63, 3.8) is 0 Å². The Balaban J connectivity index is 1.37. The van der Waals surface area contributed by atoms with Crippen LogP contribution in [0.5, 0.6) is 0 Å². The molecule has 0 spiro atoms. The first-order valence-electron chi connectivity index (χ1n) is 15.2. The van der Waals surface area contributed by atoms with Crippen molar-refractivity contribution < 1.29 is 31.9 Å². The summed E-state index contributed by atoms with van der Waals surface area (Å²) in [6, 6.07) is 9.00. The summed E-state index contributed by atoms with van der Waals surface area (Å²) in [4.78, 5) is 13.8. The number of hydrogen-bond acceptors (Lipinski definition) is 7. The third kappa shape index (κ3) is 7.43. The third-order valence-corrected chi connectivity index (χ3v) is 11.1. The van der Waals surface area contributed by atoms with E-state index in [0.717, 1.165) is 6.42 Å². The van der Waals surface area contributed by atoms with Crippen LogP contribution in [-0.4, -0.2) is 73.0 Å². The average Bonchev–Trinajstić information content (AvgIpc) is 3.07. The molecular weight excluding hydrogens is 578 g/mol. The van der Waals surface area contributed by atoms with Gasteiger partial charge in [0.25, 0.3) is 0 Å². The molecule has 3 fully saturated rings. The van der Waals surface area contributed by atoms with Crippen LogP contribution in [0.3, 0.4) is 0 Å². The molecule has 0 aromatic heterocycles. The minimum Gasteiger partial charge on any atom is -0.376 e. The molecule has 3 saturated heterocycles. The Morgan fingerprint density at radius 1 is 1.14 bits per heavy atom. The van der Waals surface area contributed by atoms with E-state index in [9.17, 15) is 22.8 Å². The Kier molecular flexibility index (Phi) is 10.1. The normalized spacial score (nSPS) is 30.2. The number of nitrogens with zero attached hydrogens (tertiary/aromatic N) is 1. The average molecular weight is 621 g/mol. The smallest absolute Gasteiger partial charge is 0.244 e.